The molecule has 136 valence electrons. The Morgan fingerprint density at radius 3 is 2.27 bits per heavy atom. The molecule has 0 aliphatic rings. The van der Waals surface area contributed by atoms with Crippen molar-refractivity contribution in [1.29, 1.82) is 0 Å². The van der Waals surface area contributed by atoms with Gasteiger partial charge in [-0.1, -0.05) is 36.4 Å². The van der Waals surface area contributed by atoms with E-state index in [1.54, 1.807) is 31.4 Å². The summed E-state index contributed by atoms with van der Waals surface area (Å²) in [5.74, 6) is -3.54. The maximum absolute atomic E-state index is 12.5. The van der Waals surface area contributed by atoms with E-state index in [-0.39, 0.29) is 12.0 Å². The van der Waals surface area contributed by atoms with Crippen LogP contribution in [0.15, 0.2) is 48.5 Å². The molecule has 0 bridgehead atoms. The SMILES string of the molecule is COc1cccc(-c2ccc(C(=O)C(C[C@H](N)C(N)=O)C(=O)O)cc2)c1. The van der Waals surface area contributed by atoms with Crippen molar-refractivity contribution < 1.29 is 24.2 Å². The first-order valence-corrected chi connectivity index (χ1v) is 7.90. The van der Waals surface area contributed by atoms with Crippen LogP contribution in [0.3, 0.4) is 0 Å². The number of rotatable bonds is 8. The van der Waals surface area contributed by atoms with Crippen LogP contribution in [0.25, 0.3) is 11.1 Å². The molecule has 2 aromatic rings. The molecule has 0 aliphatic heterocycles. The summed E-state index contributed by atoms with van der Waals surface area (Å²) in [6.07, 6.45) is -0.346. The Morgan fingerprint density at radius 1 is 1.08 bits per heavy atom. The second kappa shape index (κ2) is 8.26. The maximum Gasteiger partial charge on any atom is 0.314 e. The molecule has 1 amide bonds. The van der Waals surface area contributed by atoms with Crippen LogP contribution in [0.4, 0.5) is 0 Å². The third kappa shape index (κ3) is 4.46. The van der Waals surface area contributed by atoms with Crippen LogP contribution in [0.2, 0.25) is 0 Å². The number of methoxy groups -OCH3 is 1. The maximum atomic E-state index is 12.5. The molecule has 2 aromatic carbocycles. The molecule has 0 saturated heterocycles. The number of carbonyl (C=O) groups excluding carboxylic acids is 2. The first-order chi connectivity index (χ1) is 12.3. The van der Waals surface area contributed by atoms with Crippen LogP contribution in [-0.2, 0) is 9.59 Å². The number of amides is 1. The standard InChI is InChI=1S/C19H20N2O5/c1-26-14-4-2-3-13(9-14)11-5-7-12(8-6-11)17(22)15(19(24)25)10-16(20)18(21)23/h2-9,15-16H,10,20H2,1H3,(H2,21,23)(H,24,25)/t15?,16-/m0/s1. The molecule has 0 aromatic heterocycles. The molecule has 7 heteroatoms. The van der Waals surface area contributed by atoms with E-state index in [1.165, 1.54) is 0 Å². The van der Waals surface area contributed by atoms with Gasteiger partial charge < -0.3 is 21.3 Å². The molecule has 5 N–H and O–H groups in total. The smallest absolute Gasteiger partial charge is 0.314 e. The van der Waals surface area contributed by atoms with Gasteiger partial charge in [0.15, 0.2) is 5.78 Å². The fourth-order valence-corrected chi connectivity index (χ4v) is 2.52. The Kier molecular flexibility index (Phi) is 6.08. The van der Waals surface area contributed by atoms with Crippen LogP contribution in [0, 0.1) is 5.92 Å². The van der Waals surface area contributed by atoms with E-state index < -0.39 is 29.6 Å². The van der Waals surface area contributed by atoms with Crippen molar-refractivity contribution in [2.45, 2.75) is 12.5 Å². The highest BCUT2D eigenvalue weighted by molar-refractivity contribution is 6.08. The summed E-state index contributed by atoms with van der Waals surface area (Å²) in [4.78, 5) is 34.9. The lowest BCUT2D eigenvalue weighted by Crippen LogP contribution is -2.41. The van der Waals surface area contributed by atoms with Gasteiger partial charge in [-0.15, -0.1) is 0 Å². The average molecular weight is 356 g/mol. The predicted octanol–water partition coefficient (Wildman–Crippen LogP) is 1.45. The number of hydrogen-bond donors (Lipinski definition) is 3. The minimum Gasteiger partial charge on any atom is -0.497 e. The molecule has 2 atom stereocenters. The number of carboxylic acid groups (broad SMARTS) is 1. The van der Waals surface area contributed by atoms with E-state index in [1.807, 2.05) is 24.3 Å². The van der Waals surface area contributed by atoms with E-state index in [9.17, 15) is 19.5 Å². The number of carbonyl (C=O) groups is 3. The zero-order valence-electron chi connectivity index (χ0n) is 14.2. The minimum absolute atomic E-state index is 0.223. The van der Waals surface area contributed by atoms with E-state index in [4.69, 9.17) is 16.2 Å². The Hall–Kier alpha value is -3.19. The van der Waals surface area contributed by atoms with Gasteiger partial charge in [-0.3, -0.25) is 14.4 Å². The molecule has 7 nitrogen and oxygen atoms in total. The van der Waals surface area contributed by atoms with Gasteiger partial charge in [-0.05, 0) is 29.7 Å². The number of carboxylic acids is 1. The number of aliphatic carboxylic acids is 1. The quantitative estimate of drug-likeness (QED) is 0.484. The van der Waals surface area contributed by atoms with Crippen molar-refractivity contribution in [3.63, 3.8) is 0 Å². The number of nitrogens with two attached hydrogens (primary N) is 2. The monoisotopic (exact) mass is 356 g/mol. The molecular formula is C19H20N2O5. The summed E-state index contributed by atoms with van der Waals surface area (Å²) >= 11 is 0. The van der Waals surface area contributed by atoms with Gasteiger partial charge in [0.1, 0.15) is 11.7 Å². The highest BCUT2D eigenvalue weighted by atomic mass is 16.5. The van der Waals surface area contributed by atoms with E-state index in [0.717, 1.165) is 11.1 Å². The first kappa shape index (κ1) is 19.1. The molecular weight excluding hydrogens is 336 g/mol. The van der Waals surface area contributed by atoms with Crippen molar-refractivity contribution in [2.24, 2.45) is 17.4 Å². The van der Waals surface area contributed by atoms with Crippen molar-refractivity contribution >= 4 is 17.7 Å². The van der Waals surface area contributed by atoms with Crippen LogP contribution in [0.1, 0.15) is 16.8 Å². The third-order valence-corrected chi connectivity index (χ3v) is 4.04. The van der Waals surface area contributed by atoms with Gasteiger partial charge in [0.05, 0.1) is 13.2 Å². The zero-order chi connectivity index (χ0) is 19.3. The van der Waals surface area contributed by atoms with Crippen LogP contribution >= 0.6 is 0 Å². The predicted molar refractivity (Wildman–Crippen MR) is 95.7 cm³/mol. The lowest BCUT2D eigenvalue weighted by Gasteiger charge is -2.15. The van der Waals surface area contributed by atoms with Crippen molar-refractivity contribution in [3.8, 4) is 16.9 Å². The molecule has 0 radical (unpaired) electrons. The molecule has 2 rings (SSSR count). The zero-order valence-corrected chi connectivity index (χ0v) is 14.2. The number of Topliss-reactive ketones (excluding diaryl/α,β-unsaturated/α-hetero) is 1. The Balaban J connectivity index is 2.23. The number of ether oxygens (including phenoxy) is 1. The number of primary amides is 1. The number of ketones is 1. The number of hydrogen-bond acceptors (Lipinski definition) is 5. The van der Waals surface area contributed by atoms with Crippen molar-refractivity contribution in [3.05, 3.63) is 54.1 Å². The van der Waals surface area contributed by atoms with Crippen molar-refractivity contribution in [1.82, 2.24) is 0 Å². The second-order valence-corrected chi connectivity index (χ2v) is 5.81. The lowest BCUT2D eigenvalue weighted by molar-refractivity contribution is -0.140. The van der Waals surface area contributed by atoms with Gasteiger partial charge in [-0.25, -0.2) is 0 Å². The fraction of sp³-hybridized carbons (Fsp3) is 0.211. The van der Waals surface area contributed by atoms with Crippen molar-refractivity contribution in [2.75, 3.05) is 7.11 Å². The summed E-state index contributed by atoms with van der Waals surface area (Å²) in [5, 5.41) is 9.28. The van der Waals surface area contributed by atoms with E-state index >= 15 is 0 Å². The Morgan fingerprint density at radius 2 is 1.73 bits per heavy atom. The second-order valence-electron chi connectivity index (χ2n) is 5.81. The molecule has 0 fully saturated rings. The largest absolute Gasteiger partial charge is 0.497 e. The fourth-order valence-electron chi connectivity index (χ4n) is 2.52. The van der Waals surface area contributed by atoms with Gasteiger partial charge in [0.2, 0.25) is 5.91 Å². The molecule has 0 spiro atoms. The average Bonchev–Trinajstić information content (AvgIpc) is 2.65. The van der Waals surface area contributed by atoms with Gasteiger partial charge in [-0.2, -0.15) is 0 Å². The molecule has 26 heavy (non-hydrogen) atoms. The molecule has 0 heterocycles. The lowest BCUT2D eigenvalue weighted by atomic mass is 9.90. The normalized spacial score (nSPS) is 12.8. The van der Waals surface area contributed by atoms with Gasteiger partial charge >= 0.3 is 5.97 Å². The number of benzene rings is 2. The van der Waals surface area contributed by atoms with Crippen LogP contribution in [-0.4, -0.2) is 35.9 Å². The summed E-state index contributed by atoms with van der Waals surface area (Å²) in [5.41, 5.74) is 12.5. The van der Waals surface area contributed by atoms with Crippen LogP contribution in [0.5, 0.6) is 5.75 Å². The molecule has 0 aliphatic carbocycles. The summed E-state index contributed by atoms with van der Waals surface area (Å²) in [7, 11) is 1.57. The summed E-state index contributed by atoms with van der Waals surface area (Å²) < 4.78 is 5.18. The van der Waals surface area contributed by atoms with E-state index in [2.05, 4.69) is 0 Å². The summed E-state index contributed by atoms with van der Waals surface area (Å²) in [6.45, 7) is 0. The Bertz CT molecular complexity index is 817. The first-order valence-electron chi connectivity index (χ1n) is 7.90. The van der Waals surface area contributed by atoms with E-state index in [0.29, 0.717) is 5.75 Å². The summed E-state index contributed by atoms with van der Waals surface area (Å²) in [6, 6.07) is 12.7. The topological polar surface area (TPSA) is 133 Å². The Labute approximate surface area is 150 Å². The molecule has 0 saturated carbocycles. The van der Waals surface area contributed by atoms with Gasteiger partial charge in [0, 0.05) is 5.56 Å². The highest BCUT2D eigenvalue weighted by Gasteiger charge is 2.30. The third-order valence-electron chi connectivity index (χ3n) is 4.04. The molecule has 1 unspecified atom stereocenters. The van der Waals surface area contributed by atoms with Gasteiger partial charge in [0.25, 0.3) is 0 Å². The minimum atomic E-state index is -1.43. The highest BCUT2D eigenvalue weighted by Crippen LogP contribution is 2.25. The van der Waals surface area contributed by atoms with Crippen LogP contribution < -0.4 is 16.2 Å².